The van der Waals surface area contributed by atoms with Crippen LogP contribution < -0.4 is 9.77 Å². The van der Waals surface area contributed by atoms with Crippen LogP contribution in [0.1, 0.15) is 11.3 Å². The minimum Gasteiger partial charge on any atom is -0.294 e. The molecule has 0 aliphatic carbocycles. The molecule has 0 atom stereocenters. The third-order valence-electron chi connectivity index (χ3n) is 4.62. The standard InChI is InChI=1S/C22H18FN3O2S2/c1-15-13-30-22(28)25(15)12-20(27)26(11-16-5-3-2-4-6-16)21-24-19(14-29-21)17-7-9-18(23)10-8-17/h2-10,13-14H,11-12H2,1H3. The van der Waals surface area contributed by atoms with Gasteiger partial charge in [0, 0.05) is 22.0 Å². The number of nitrogens with zero attached hydrogens (tertiary/aromatic N) is 3. The lowest BCUT2D eigenvalue weighted by Gasteiger charge is -2.20. The van der Waals surface area contributed by atoms with Crippen molar-refractivity contribution in [1.82, 2.24) is 9.55 Å². The van der Waals surface area contributed by atoms with Crippen LogP contribution in [0.4, 0.5) is 9.52 Å². The van der Waals surface area contributed by atoms with Crippen LogP contribution in [0.2, 0.25) is 0 Å². The van der Waals surface area contributed by atoms with Crippen LogP contribution in [-0.2, 0) is 17.9 Å². The molecule has 0 radical (unpaired) electrons. The van der Waals surface area contributed by atoms with Gasteiger partial charge in [-0.3, -0.25) is 19.1 Å². The number of thiazole rings is 2. The van der Waals surface area contributed by atoms with E-state index < -0.39 is 0 Å². The van der Waals surface area contributed by atoms with Gasteiger partial charge in [0.15, 0.2) is 5.13 Å². The van der Waals surface area contributed by atoms with Crippen LogP contribution in [0.5, 0.6) is 0 Å². The molecular weight excluding hydrogens is 421 g/mol. The lowest BCUT2D eigenvalue weighted by molar-refractivity contribution is -0.119. The van der Waals surface area contributed by atoms with Crippen molar-refractivity contribution < 1.29 is 9.18 Å². The molecule has 0 saturated heterocycles. The fourth-order valence-electron chi connectivity index (χ4n) is 2.99. The Hall–Kier alpha value is -3.10. The third-order valence-corrected chi connectivity index (χ3v) is 6.36. The second kappa shape index (κ2) is 8.73. The van der Waals surface area contributed by atoms with Crippen LogP contribution >= 0.6 is 22.7 Å². The minimum absolute atomic E-state index is 0.0491. The third kappa shape index (κ3) is 4.39. The normalized spacial score (nSPS) is 10.9. The van der Waals surface area contributed by atoms with Crippen molar-refractivity contribution in [2.24, 2.45) is 0 Å². The molecule has 4 aromatic rings. The number of carbonyl (C=O) groups is 1. The Morgan fingerprint density at radius 2 is 1.80 bits per heavy atom. The summed E-state index contributed by atoms with van der Waals surface area (Å²) in [6.07, 6.45) is 0. The molecule has 0 bridgehead atoms. The molecule has 0 saturated carbocycles. The maximum Gasteiger partial charge on any atom is 0.307 e. The van der Waals surface area contributed by atoms with Crippen LogP contribution in [0.3, 0.4) is 0 Å². The number of hydrogen-bond acceptors (Lipinski definition) is 5. The first-order valence-electron chi connectivity index (χ1n) is 9.22. The van der Waals surface area contributed by atoms with Gasteiger partial charge >= 0.3 is 4.87 Å². The highest BCUT2D eigenvalue weighted by molar-refractivity contribution is 7.14. The van der Waals surface area contributed by atoms with Crippen LogP contribution in [0, 0.1) is 12.7 Å². The maximum atomic E-state index is 13.2. The first-order chi connectivity index (χ1) is 14.5. The van der Waals surface area contributed by atoms with Crippen molar-refractivity contribution in [2.75, 3.05) is 4.90 Å². The number of rotatable bonds is 6. The highest BCUT2D eigenvalue weighted by Crippen LogP contribution is 2.29. The van der Waals surface area contributed by atoms with Gasteiger partial charge in [-0.15, -0.1) is 11.3 Å². The van der Waals surface area contributed by atoms with Crippen molar-refractivity contribution >= 4 is 33.7 Å². The molecule has 0 fully saturated rings. The van der Waals surface area contributed by atoms with E-state index >= 15 is 0 Å². The quantitative estimate of drug-likeness (QED) is 0.437. The van der Waals surface area contributed by atoms with Crippen molar-refractivity contribution in [1.29, 1.82) is 0 Å². The van der Waals surface area contributed by atoms with Crippen molar-refractivity contribution in [3.8, 4) is 11.3 Å². The van der Waals surface area contributed by atoms with E-state index in [-0.39, 0.29) is 23.1 Å². The molecule has 0 unspecified atom stereocenters. The molecule has 5 nitrogen and oxygen atoms in total. The second-order valence-electron chi connectivity index (χ2n) is 6.72. The maximum absolute atomic E-state index is 13.2. The van der Waals surface area contributed by atoms with Crippen LogP contribution in [-0.4, -0.2) is 15.5 Å². The number of aryl methyl sites for hydroxylation is 1. The topological polar surface area (TPSA) is 55.2 Å². The molecule has 1 amide bonds. The van der Waals surface area contributed by atoms with E-state index in [1.165, 1.54) is 28.0 Å². The van der Waals surface area contributed by atoms with Gasteiger partial charge in [0.2, 0.25) is 5.91 Å². The van der Waals surface area contributed by atoms with Gasteiger partial charge < -0.3 is 0 Å². The minimum atomic E-state index is -0.313. The van der Waals surface area contributed by atoms with Gasteiger partial charge in [-0.05, 0) is 36.8 Å². The Balaban J connectivity index is 1.66. The highest BCUT2D eigenvalue weighted by atomic mass is 32.1. The van der Waals surface area contributed by atoms with Crippen LogP contribution in [0.25, 0.3) is 11.3 Å². The Kier molecular flexibility index (Phi) is 5.87. The molecular formula is C22H18FN3O2S2. The average molecular weight is 440 g/mol. The summed E-state index contributed by atoms with van der Waals surface area (Å²) in [7, 11) is 0. The molecule has 30 heavy (non-hydrogen) atoms. The summed E-state index contributed by atoms with van der Waals surface area (Å²) in [6.45, 7) is 2.10. The molecule has 2 heterocycles. The zero-order valence-electron chi connectivity index (χ0n) is 16.1. The Morgan fingerprint density at radius 1 is 1.07 bits per heavy atom. The van der Waals surface area contributed by atoms with E-state index in [1.807, 2.05) is 42.6 Å². The van der Waals surface area contributed by atoms with E-state index in [0.717, 1.165) is 28.2 Å². The van der Waals surface area contributed by atoms with Crippen molar-refractivity contribution in [3.05, 3.63) is 92.1 Å². The largest absolute Gasteiger partial charge is 0.307 e. The average Bonchev–Trinajstić information content (AvgIpc) is 3.36. The molecule has 0 spiro atoms. The summed E-state index contributed by atoms with van der Waals surface area (Å²) in [5, 5.41) is 4.12. The van der Waals surface area contributed by atoms with Gasteiger partial charge in [0.1, 0.15) is 12.4 Å². The van der Waals surface area contributed by atoms with Gasteiger partial charge in [-0.1, -0.05) is 41.7 Å². The molecule has 152 valence electrons. The number of hydrogen-bond donors (Lipinski definition) is 0. The van der Waals surface area contributed by atoms with E-state index in [4.69, 9.17) is 0 Å². The van der Waals surface area contributed by atoms with E-state index in [1.54, 1.807) is 22.4 Å². The van der Waals surface area contributed by atoms with E-state index in [2.05, 4.69) is 4.98 Å². The predicted octanol–water partition coefficient (Wildman–Crippen LogP) is 4.71. The number of amides is 1. The number of benzene rings is 2. The van der Waals surface area contributed by atoms with Gasteiger partial charge in [0.25, 0.3) is 0 Å². The molecule has 0 aliphatic rings. The monoisotopic (exact) mass is 439 g/mol. The summed E-state index contributed by atoms with van der Waals surface area (Å²) in [5.41, 5.74) is 3.16. The van der Waals surface area contributed by atoms with Gasteiger partial charge in [-0.2, -0.15) is 0 Å². The molecule has 8 heteroatoms. The first kappa shape index (κ1) is 20.2. The molecule has 0 aliphatic heterocycles. The predicted molar refractivity (Wildman–Crippen MR) is 118 cm³/mol. The highest BCUT2D eigenvalue weighted by Gasteiger charge is 2.21. The SMILES string of the molecule is Cc1csc(=O)n1CC(=O)N(Cc1ccccc1)c1nc(-c2ccc(F)cc2)cs1. The summed E-state index contributed by atoms with van der Waals surface area (Å²) < 4.78 is 14.7. The van der Waals surface area contributed by atoms with Crippen molar-refractivity contribution in [3.63, 3.8) is 0 Å². The smallest absolute Gasteiger partial charge is 0.294 e. The number of halogens is 1. The van der Waals surface area contributed by atoms with Crippen LogP contribution in [0.15, 0.2) is 70.2 Å². The summed E-state index contributed by atoms with van der Waals surface area (Å²) in [4.78, 5) is 31.3. The Labute approximate surface area is 180 Å². The fraction of sp³-hybridized carbons (Fsp3) is 0.136. The number of aromatic nitrogens is 2. The zero-order valence-corrected chi connectivity index (χ0v) is 17.8. The number of anilines is 1. The van der Waals surface area contributed by atoms with Crippen molar-refractivity contribution in [2.45, 2.75) is 20.0 Å². The van der Waals surface area contributed by atoms with Gasteiger partial charge in [0.05, 0.1) is 12.2 Å². The summed E-state index contributed by atoms with van der Waals surface area (Å²) in [6, 6.07) is 15.7. The van der Waals surface area contributed by atoms with Gasteiger partial charge in [-0.25, -0.2) is 9.37 Å². The lowest BCUT2D eigenvalue weighted by Crippen LogP contribution is -2.35. The Bertz CT molecular complexity index is 1210. The Morgan fingerprint density at radius 3 is 2.47 bits per heavy atom. The molecule has 2 aromatic carbocycles. The summed E-state index contributed by atoms with van der Waals surface area (Å²) >= 11 is 2.42. The fourth-order valence-corrected chi connectivity index (χ4v) is 4.57. The number of carbonyl (C=O) groups excluding carboxylic acids is 1. The molecule has 2 aromatic heterocycles. The zero-order chi connectivity index (χ0) is 21.1. The van der Waals surface area contributed by atoms with E-state index in [9.17, 15) is 14.0 Å². The lowest BCUT2D eigenvalue weighted by atomic mass is 10.2. The second-order valence-corrected chi connectivity index (χ2v) is 8.37. The van der Waals surface area contributed by atoms with E-state index in [0.29, 0.717) is 17.4 Å². The molecule has 4 rings (SSSR count). The first-order valence-corrected chi connectivity index (χ1v) is 11.0. The summed E-state index contributed by atoms with van der Waals surface area (Å²) in [5.74, 6) is -0.533. The molecule has 0 N–H and O–H groups in total.